The molecule has 1 saturated heterocycles. The number of rotatable bonds is 5. The molecule has 2 amide bonds. The maximum absolute atomic E-state index is 13.0. The highest BCUT2D eigenvalue weighted by molar-refractivity contribution is 5.92. The second-order valence-corrected chi connectivity index (χ2v) is 7.82. The van der Waals surface area contributed by atoms with Gasteiger partial charge in [0.1, 0.15) is 0 Å². The van der Waals surface area contributed by atoms with Crippen molar-refractivity contribution >= 4 is 23.5 Å². The fraction of sp³-hybridized carbons (Fsp3) is 0.304. The second kappa shape index (κ2) is 9.43. The number of amides is 2. The lowest BCUT2D eigenvalue weighted by Gasteiger charge is -2.30. The highest BCUT2D eigenvalue weighted by atomic mass is 19.4. The van der Waals surface area contributed by atoms with E-state index in [9.17, 15) is 22.8 Å². The maximum Gasteiger partial charge on any atom is 0.417 e. The van der Waals surface area contributed by atoms with Gasteiger partial charge < -0.3 is 10.2 Å². The van der Waals surface area contributed by atoms with Gasteiger partial charge in [0.2, 0.25) is 11.8 Å². The van der Waals surface area contributed by atoms with Crippen LogP contribution in [0.25, 0.3) is 11.7 Å². The van der Waals surface area contributed by atoms with Crippen LogP contribution in [-0.2, 0) is 22.3 Å². The van der Waals surface area contributed by atoms with Crippen molar-refractivity contribution in [2.75, 3.05) is 13.1 Å². The predicted molar refractivity (Wildman–Crippen MR) is 115 cm³/mol. The molecule has 7 nitrogen and oxygen atoms in total. The average Bonchev–Trinajstić information content (AvgIpc) is 3.23. The van der Waals surface area contributed by atoms with Gasteiger partial charge in [0, 0.05) is 31.3 Å². The zero-order valence-electron chi connectivity index (χ0n) is 17.6. The second-order valence-electron chi connectivity index (χ2n) is 7.82. The highest BCUT2D eigenvalue weighted by Gasteiger charge is 2.31. The van der Waals surface area contributed by atoms with Crippen LogP contribution in [0.5, 0.6) is 0 Å². The van der Waals surface area contributed by atoms with Crippen LogP contribution in [0.15, 0.2) is 54.7 Å². The predicted octanol–water partition coefficient (Wildman–Crippen LogP) is 3.32. The summed E-state index contributed by atoms with van der Waals surface area (Å²) in [6, 6.07) is 11.7. The van der Waals surface area contributed by atoms with Crippen molar-refractivity contribution in [3.8, 4) is 0 Å². The molecule has 3 aromatic rings. The third-order valence-electron chi connectivity index (χ3n) is 5.62. The van der Waals surface area contributed by atoms with Crippen molar-refractivity contribution in [1.29, 1.82) is 0 Å². The minimum Gasteiger partial charge on any atom is -0.349 e. The molecule has 0 spiro atoms. The van der Waals surface area contributed by atoms with Gasteiger partial charge in [0.15, 0.2) is 11.5 Å². The summed E-state index contributed by atoms with van der Waals surface area (Å²) in [4.78, 5) is 26.7. The Hall–Kier alpha value is -3.69. The monoisotopic (exact) mass is 457 g/mol. The molecule has 33 heavy (non-hydrogen) atoms. The van der Waals surface area contributed by atoms with Crippen molar-refractivity contribution < 1.29 is 22.8 Å². The number of hydrogen-bond acceptors (Lipinski definition) is 4. The molecule has 3 heterocycles. The average molecular weight is 457 g/mol. The highest BCUT2D eigenvalue weighted by Crippen LogP contribution is 2.29. The quantitative estimate of drug-likeness (QED) is 0.597. The van der Waals surface area contributed by atoms with Crippen molar-refractivity contribution in [2.45, 2.75) is 25.6 Å². The maximum atomic E-state index is 13.0. The number of hydrogen-bond donors (Lipinski definition) is 1. The first kappa shape index (κ1) is 22.5. The summed E-state index contributed by atoms with van der Waals surface area (Å²) in [7, 11) is 0. The molecular weight excluding hydrogens is 435 g/mol. The van der Waals surface area contributed by atoms with Gasteiger partial charge in [-0.3, -0.25) is 14.0 Å². The van der Waals surface area contributed by atoms with Gasteiger partial charge in [-0.2, -0.15) is 13.2 Å². The summed E-state index contributed by atoms with van der Waals surface area (Å²) < 4.78 is 40.2. The van der Waals surface area contributed by atoms with Gasteiger partial charge in [0.05, 0.1) is 12.1 Å². The first-order valence-corrected chi connectivity index (χ1v) is 10.5. The molecule has 4 rings (SSSR count). The molecule has 1 N–H and O–H groups in total. The van der Waals surface area contributed by atoms with E-state index in [-0.39, 0.29) is 35.7 Å². The third kappa shape index (κ3) is 5.39. The number of aromatic nitrogens is 3. The van der Waals surface area contributed by atoms with Gasteiger partial charge in [0.25, 0.3) is 0 Å². The van der Waals surface area contributed by atoms with Gasteiger partial charge in [-0.25, -0.2) is 0 Å². The Kier molecular flexibility index (Phi) is 6.43. The molecule has 1 fully saturated rings. The van der Waals surface area contributed by atoms with Crippen LogP contribution < -0.4 is 5.32 Å². The number of likely N-dealkylation sites (tertiary alicyclic amines) is 1. The van der Waals surface area contributed by atoms with E-state index < -0.39 is 11.7 Å². The molecule has 172 valence electrons. The van der Waals surface area contributed by atoms with Crippen molar-refractivity contribution in [2.24, 2.45) is 5.92 Å². The number of carbonyl (C=O) groups excluding carboxylic acids is 2. The number of alkyl halides is 3. The molecule has 0 radical (unpaired) electrons. The summed E-state index contributed by atoms with van der Waals surface area (Å²) in [5.41, 5.74) is 0.381. The Morgan fingerprint density at radius 2 is 1.79 bits per heavy atom. The molecular formula is C23H22F3N5O2. The van der Waals surface area contributed by atoms with Crippen LogP contribution in [0.1, 0.15) is 29.8 Å². The van der Waals surface area contributed by atoms with Crippen molar-refractivity contribution in [3.05, 3.63) is 71.7 Å². The van der Waals surface area contributed by atoms with E-state index >= 15 is 0 Å². The Bertz CT molecular complexity index is 1170. The minimum atomic E-state index is -4.49. The van der Waals surface area contributed by atoms with Crippen molar-refractivity contribution in [1.82, 2.24) is 24.8 Å². The summed E-state index contributed by atoms with van der Waals surface area (Å²) in [6.07, 6.45) is 0.741. The molecule has 10 heteroatoms. The number of piperidine rings is 1. The van der Waals surface area contributed by atoms with E-state index in [0.29, 0.717) is 25.9 Å². The zero-order chi connectivity index (χ0) is 23.4. The molecule has 0 aliphatic carbocycles. The fourth-order valence-corrected chi connectivity index (χ4v) is 3.74. The number of nitrogens with zero attached hydrogens (tertiary/aromatic N) is 4. The van der Waals surface area contributed by atoms with E-state index in [2.05, 4.69) is 15.5 Å². The van der Waals surface area contributed by atoms with Crippen LogP contribution in [0, 0.1) is 5.92 Å². The number of benzene rings is 1. The number of fused-ring (bicyclic) bond motifs is 1. The number of nitrogens with one attached hydrogen (secondary N) is 1. The number of carbonyl (C=O) groups is 2. The van der Waals surface area contributed by atoms with Crippen LogP contribution in [0.2, 0.25) is 0 Å². The molecule has 1 aromatic carbocycles. The lowest BCUT2D eigenvalue weighted by Crippen LogP contribution is -2.42. The lowest BCUT2D eigenvalue weighted by molar-refractivity contribution is -0.138. The Balaban J connectivity index is 1.30. The number of halogens is 3. The third-order valence-corrected chi connectivity index (χ3v) is 5.62. The zero-order valence-corrected chi connectivity index (χ0v) is 17.6. The van der Waals surface area contributed by atoms with E-state index in [1.807, 2.05) is 30.3 Å². The Morgan fingerprint density at radius 3 is 2.48 bits per heavy atom. The first-order valence-electron chi connectivity index (χ1n) is 10.5. The van der Waals surface area contributed by atoms with Gasteiger partial charge >= 0.3 is 6.18 Å². The Morgan fingerprint density at radius 1 is 1.06 bits per heavy atom. The summed E-state index contributed by atoms with van der Waals surface area (Å²) in [6.45, 7) is 0.873. The van der Waals surface area contributed by atoms with Crippen LogP contribution >= 0.6 is 0 Å². The summed E-state index contributed by atoms with van der Waals surface area (Å²) >= 11 is 0. The number of pyridine rings is 1. The van der Waals surface area contributed by atoms with Gasteiger partial charge in [-0.15, -0.1) is 10.2 Å². The molecule has 0 saturated carbocycles. The normalized spacial score (nSPS) is 15.3. The van der Waals surface area contributed by atoms with E-state index in [1.54, 1.807) is 11.0 Å². The van der Waals surface area contributed by atoms with E-state index in [1.165, 1.54) is 16.5 Å². The SMILES string of the molecule is O=C(NCc1nnc2ccc(C(F)(F)F)cn12)C1CCN(C(=O)/C=C/c2ccccc2)CC1. The largest absolute Gasteiger partial charge is 0.417 e. The van der Waals surface area contributed by atoms with Crippen molar-refractivity contribution in [3.63, 3.8) is 0 Å². The van der Waals surface area contributed by atoms with Gasteiger partial charge in [-0.05, 0) is 36.6 Å². The van der Waals surface area contributed by atoms with E-state index in [4.69, 9.17) is 0 Å². The van der Waals surface area contributed by atoms with Gasteiger partial charge in [-0.1, -0.05) is 30.3 Å². The van der Waals surface area contributed by atoms with Crippen LogP contribution in [-0.4, -0.2) is 44.4 Å². The minimum absolute atomic E-state index is 0.0414. The summed E-state index contributed by atoms with van der Waals surface area (Å²) in [5.74, 6) is -0.390. The molecule has 2 aromatic heterocycles. The first-order chi connectivity index (χ1) is 15.8. The molecule has 1 aliphatic rings. The molecule has 0 atom stereocenters. The fourth-order valence-electron chi connectivity index (χ4n) is 3.74. The Labute approximate surface area is 187 Å². The summed E-state index contributed by atoms with van der Waals surface area (Å²) in [5, 5.41) is 10.5. The molecule has 1 aliphatic heterocycles. The van der Waals surface area contributed by atoms with Crippen LogP contribution in [0.3, 0.4) is 0 Å². The van der Waals surface area contributed by atoms with E-state index in [0.717, 1.165) is 17.8 Å². The molecule has 0 unspecified atom stereocenters. The standard InChI is InChI=1S/C23H22F3N5O2/c24-23(25,26)18-7-8-19-28-29-20(31(19)15-18)14-27-22(33)17-10-12-30(13-11-17)21(32)9-6-16-4-2-1-3-5-16/h1-9,15,17H,10-14H2,(H,27,33)/b9-6+. The lowest BCUT2D eigenvalue weighted by atomic mass is 9.96. The smallest absolute Gasteiger partial charge is 0.349 e. The van der Waals surface area contributed by atoms with Crippen LogP contribution in [0.4, 0.5) is 13.2 Å². The topological polar surface area (TPSA) is 79.6 Å². The molecule has 0 bridgehead atoms.